The average Bonchev–Trinajstić information content (AvgIpc) is 2.38. The first kappa shape index (κ1) is 13.9. The summed E-state index contributed by atoms with van der Waals surface area (Å²) < 4.78 is 13.5. The molecule has 1 aliphatic carbocycles. The van der Waals surface area contributed by atoms with Crippen molar-refractivity contribution in [2.45, 2.75) is 51.5 Å². The molecule has 102 valence electrons. The van der Waals surface area contributed by atoms with Gasteiger partial charge in [-0.05, 0) is 49.4 Å². The molecule has 1 aromatic rings. The van der Waals surface area contributed by atoms with E-state index in [0.29, 0.717) is 5.92 Å². The number of halogens is 1. The van der Waals surface area contributed by atoms with Crippen molar-refractivity contribution in [1.29, 1.82) is 5.26 Å². The number of nitrogens with zero attached hydrogens (tertiary/aromatic N) is 1. The van der Waals surface area contributed by atoms with E-state index in [9.17, 15) is 9.65 Å². The lowest BCUT2D eigenvalue weighted by atomic mass is 9.72. The summed E-state index contributed by atoms with van der Waals surface area (Å²) in [6.45, 7) is 3.99. The normalized spacial score (nSPS) is 26.7. The van der Waals surface area contributed by atoms with Crippen molar-refractivity contribution in [1.82, 2.24) is 0 Å². The minimum Gasteiger partial charge on any atom is -0.367 e. The van der Waals surface area contributed by atoms with Crippen molar-refractivity contribution in [3.63, 3.8) is 0 Å². The SMILES string of the molecule is CCC1CCCCC1(C#N)Nc1cc(C)cc(F)c1. The van der Waals surface area contributed by atoms with Crippen LogP contribution in [0.2, 0.25) is 0 Å². The molecule has 0 saturated heterocycles. The van der Waals surface area contributed by atoms with Gasteiger partial charge in [0.25, 0.3) is 0 Å². The Balaban J connectivity index is 2.29. The van der Waals surface area contributed by atoms with Crippen LogP contribution in [0.1, 0.15) is 44.6 Å². The zero-order valence-corrected chi connectivity index (χ0v) is 11.7. The lowest BCUT2D eigenvalue weighted by Crippen LogP contribution is -2.46. The van der Waals surface area contributed by atoms with Crippen LogP contribution < -0.4 is 5.32 Å². The quantitative estimate of drug-likeness (QED) is 0.873. The van der Waals surface area contributed by atoms with Gasteiger partial charge in [0.15, 0.2) is 0 Å². The van der Waals surface area contributed by atoms with E-state index in [1.807, 2.05) is 13.0 Å². The van der Waals surface area contributed by atoms with Crippen molar-refractivity contribution in [3.05, 3.63) is 29.6 Å². The van der Waals surface area contributed by atoms with E-state index in [1.54, 1.807) is 0 Å². The Labute approximate surface area is 114 Å². The highest BCUT2D eigenvalue weighted by Gasteiger charge is 2.40. The fourth-order valence-corrected chi connectivity index (χ4v) is 3.20. The second kappa shape index (κ2) is 5.61. The largest absolute Gasteiger partial charge is 0.367 e. The molecule has 1 fully saturated rings. The van der Waals surface area contributed by atoms with E-state index in [-0.39, 0.29) is 5.82 Å². The molecule has 1 aromatic carbocycles. The summed E-state index contributed by atoms with van der Waals surface area (Å²) in [4.78, 5) is 0. The second-order valence-electron chi connectivity index (χ2n) is 5.58. The summed E-state index contributed by atoms with van der Waals surface area (Å²) in [5.74, 6) is 0.0919. The molecule has 0 radical (unpaired) electrons. The van der Waals surface area contributed by atoms with Gasteiger partial charge in [-0.3, -0.25) is 0 Å². The molecule has 0 spiro atoms. The van der Waals surface area contributed by atoms with Crippen LogP contribution in [0.25, 0.3) is 0 Å². The smallest absolute Gasteiger partial charge is 0.128 e. The fraction of sp³-hybridized carbons (Fsp3) is 0.562. The maximum Gasteiger partial charge on any atom is 0.128 e. The second-order valence-corrected chi connectivity index (χ2v) is 5.58. The lowest BCUT2D eigenvalue weighted by molar-refractivity contribution is 0.258. The molecular weight excluding hydrogens is 239 g/mol. The van der Waals surface area contributed by atoms with Gasteiger partial charge in [0.05, 0.1) is 6.07 Å². The molecular formula is C16H21FN2. The first-order chi connectivity index (χ1) is 9.09. The van der Waals surface area contributed by atoms with Gasteiger partial charge in [-0.15, -0.1) is 0 Å². The Hall–Kier alpha value is -1.56. The molecule has 0 amide bonds. The number of benzene rings is 1. The maximum absolute atomic E-state index is 13.5. The predicted molar refractivity (Wildman–Crippen MR) is 75.4 cm³/mol. The summed E-state index contributed by atoms with van der Waals surface area (Å²) in [6.07, 6.45) is 5.15. The van der Waals surface area contributed by atoms with E-state index >= 15 is 0 Å². The Kier molecular flexibility index (Phi) is 4.09. The van der Waals surface area contributed by atoms with Crippen LogP contribution in [0.5, 0.6) is 0 Å². The first-order valence-corrected chi connectivity index (χ1v) is 7.06. The van der Waals surface area contributed by atoms with Gasteiger partial charge >= 0.3 is 0 Å². The first-order valence-electron chi connectivity index (χ1n) is 7.06. The fourth-order valence-electron chi connectivity index (χ4n) is 3.20. The van der Waals surface area contributed by atoms with Gasteiger partial charge in [0.1, 0.15) is 11.4 Å². The molecule has 2 nitrogen and oxygen atoms in total. The van der Waals surface area contributed by atoms with Gasteiger partial charge in [-0.25, -0.2) is 4.39 Å². The van der Waals surface area contributed by atoms with Crippen LogP contribution in [0.15, 0.2) is 18.2 Å². The number of hydrogen-bond donors (Lipinski definition) is 1. The van der Waals surface area contributed by atoms with Crippen molar-refractivity contribution >= 4 is 5.69 Å². The van der Waals surface area contributed by atoms with Gasteiger partial charge in [-0.2, -0.15) is 5.26 Å². The molecule has 1 N–H and O–H groups in total. The van der Waals surface area contributed by atoms with E-state index < -0.39 is 5.54 Å². The number of aryl methyl sites for hydroxylation is 1. The number of nitriles is 1. The van der Waals surface area contributed by atoms with Crippen molar-refractivity contribution < 1.29 is 4.39 Å². The molecule has 1 saturated carbocycles. The Bertz CT molecular complexity index is 472. The third-order valence-electron chi connectivity index (χ3n) is 4.17. The average molecular weight is 260 g/mol. The Morgan fingerprint density at radius 1 is 1.42 bits per heavy atom. The molecule has 0 heterocycles. The highest BCUT2D eigenvalue weighted by Crippen LogP contribution is 2.38. The van der Waals surface area contributed by atoms with Gasteiger partial charge < -0.3 is 5.32 Å². The Morgan fingerprint density at radius 3 is 2.84 bits per heavy atom. The highest BCUT2D eigenvalue weighted by molar-refractivity contribution is 5.50. The van der Waals surface area contributed by atoms with Crippen molar-refractivity contribution in [3.8, 4) is 6.07 Å². The lowest BCUT2D eigenvalue weighted by Gasteiger charge is -2.40. The summed E-state index contributed by atoms with van der Waals surface area (Å²) in [5.41, 5.74) is 1.06. The zero-order chi connectivity index (χ0) is 13.9. The van der Waals surface area contributed by atoms with Crippen LogP contribution in [-0.4, -0.2) is 5.54 Å². The van der Waals surface area contributed by atoms with E-state index in [4.69, 9.17) is 0 Å². The molecule has 0 aliphatic heterocycles. The van der Waals surface area contributed by atoms with Crippen LogP contribution in [0.3, 0.4) is 0 Å². The van der Waals surface area contributed by atoms with Crippen molar-refractivity contribution in [2.75, 3.05) is 5.32 Å². The molecule has 3 heteroatoms. The molecule has 0 bridgehead atoms. The van der Waals surface area contributed by atoms with Crippen LogP contribution in [-0.2, 0) is 0 Å². The van der Waals surface area contributed by atoms with Gasteiger partial charge in [0.2, 0.25) is 0 Å². The summed E-state index contributed by atoms with van der Waals surface area (Å²) in [5, 5.41) is 13.0. The molecule has 2 atom stereocenters. The molecule has 0 aromatic heterocycles. The monoisotopic (exact) mass is 260 g/mol. The van der Waals surface area contributed by atoms with Crippen LogP contribution >= 0.6 is 0 Å². The number of anilines is 1. The predicted octanol–water partition coefficient (Wildman–Crippen LogP) is 4.41. The summed E-state index contributed by atoms with van der Waals surface area (Å²) >= 11 is 0. The molecule has 2 rings (SSSR count). The highest BCUT2D eigenvalue weighted by atomic mass is 19.1. The van der Waals surface area contributed by atoms with Crippen LogP contribution in [0, 0.1) is 30.0 Å². The number of hydrogen-bond acceptors (Lipinski definition) is 2. The number of rotatable bonds is 3. The zero-order valence-electron chi connectivity index (χ0n) is 11.7. The number of nitrogens with one attached hydrogen (secondary N) is 1. The summed E-state index contributed by atoms with van der Waals surface area (Å²) in [7, 11) is 0. The van der Waals surface area contributed by atoms with E-state index in [0.717, 1.165) is 36.9 Å². The van der Waals surface area contributed by atoms with Gasteiger partial charge in [0, 0.05) is 5.69 Å². The molecule has 19 heavy (non-hydrogen) atoms. The minimum absolute atomic E-state index is 0.251. The standard InChI is InChI=1S/C16H21FN2/c1-3-13-6-4-5-7-16(13,11-18)19-15-9-12(2)8-14(17)10-15/h8-10,13,19H,3-7H2,1-2H3. The van der Waals surface area contributed by atoms with Crippen molar-refractivity contribution in [2.24, 2.45) is 5.92 Å². The topological polar surface area (TPSA) is 35.8 Å². The maximum atomic E-state index is 13.5. The van der Waals surface area contributed by atoms with Gasteiger partial charge in [-0.1, -0.05) is 26.2 Å². The van der Waals surface area contributed by atoms with E-state index in [2.05, 4.69) is 18.3 Å². The van der Waals surface area contributed by atoms with Crippen LogP contribution in [0.4, 0.5) is 10.1 Å². The molecule has 2 unspecified atom stereocenters. The third-order valence-corrected chi connectivity index (χ3v) is 4.17. The Morgan fingerprint density at radius 2 is 2.21 bits per heavy atom. The third kappa shape index (κ3) is 2.89. The minimum atomic E-state index is -0.534. The molecule has 1 aliphatic rings. The van der Waals surface area contributed by atoms with E-state index in [1.165, 1.54) is 18.6 Å². The summed E-state index contributed by atoms with van der Waals surface area (Å²) in [6, 6.07) is 7.36.